The van der Waals surface area contributed by atoms with Crippen LogP contribution in [0.1, 0.15) is 57.2 Å². The van der Waals surface area contributed by atoms with Gasteiger partial charge in [-0.05, 0) is 41.9 Å². The van der Waals surface area contributed by atoms with Crippen LogP contribution in [0.25, 0.3) is 0 Å². The van der Waals surface area contributed by atoms with Crippen LogP contribution in [0.4, 0.5) is 0 Å². The van der Waals surface area contributed by atoms with E-state index in [2.05, 4.69) is 39.0 Å². The number of hydrogen-bond donors (Lipinski definition) is 1. The number of nitrogens with two attached hydrogens (primary N) is 1. The van der Waals surface area contributed by atoms with Gasteiger partial charge < -0.3 is 10.5 Å². The van der Waals surface area contributed by atoms with Crippen LogP contribution in [0, 0.1) is 5.92 Å². The van der Waals surface area contributed by atoms with Crippen LogP contribution in [0.5, 0.6) is 5.75 Å². The lowest BCUT2D eigenvalue weighted by molar-refractivity contribution is 0.259. The van der Waals surface area contributed by atoms with E-state index >= 15 is 0 Å². The monoisotopic (exact) mass is 247 g/mol. The predicted molar refractivity (Wildman–Crippen MR) is 76.0 cm³/mol. The van der Waals surface area contributed by atoms with Crippen molar-refractivity contribution >= 4 is 0 Å². The van der Waals surface area contributed by atoms with Gasteiger partial charge in [-0.25, -0.2) is 0 Å². The van der Waals surface area contributed by atoms with Gasteiger partial charge in [-0.15, -0.1) is 0 Å². The highest BCUT2D eigenvalue weighted by atomic mass is 16.5. The molecule has 0 saturated heterocycles. The smallest absolute Gasteiger partial charge is 0.123 e. The Hall–Kier alpha value is -1.02. The minimum Gasteiger partial charge on any atom is -0.496 e. The fourth-order valence-electron chi connectivity index (χ4n) is 2.51. The molecule has 2 N–H and O–H groups in total. The maximum Gasteiger partial charge on any atom is 0.123 e. The van der Waals surface area contributed by atoms with Gasteiger partial charge in [0.05, 0.1) is 7.11 Å². The molecule has 1 aromatic carbocycles. The summed E-state index contributed by atoms with van der Waals surface area (Å²) in [4.78, 5) is 0. The van der Waals surface area contributed by atoms with E-state index in [9.17, 15) is 0 Å². The molecule has 1 aliphatic carbocycles. The van der Waals surface area contributed by atoms with Gasteiger partial charge >= 0.3 is 0 Å². The van der Waals surface area contributed by atoms with Gasteiger partial charge in [0.15, 0.2) is 0 Å². The molecule has 0 radical (unpaired) electrons. The highest BCUT2D eigenvalue weighted by Gasteiger charge is 2.28. The van der Waals surface area contributed by atoms with Crippen LogP contribution in [0.2, 0.25) is 0 Å². The highest BCUT2D eigenvalue weighted by molar-refractivity contribution is 5.42. The highest BCUT2D eigenvalue weighted by Crippen LogP contribution is 2.40. The fourth-order valence-corrected chi connectivity index (χ4v) is 2.51. The van der Waals surface area contributed by atoms with Gasteiger partial charge in [0.1, 0.15) is 5.75 Å². The Morgan fingerprint density at radius 3 is 2.39 bits per heavy atom. The molecule has 0 aliphatic heterocycles. The van der Waals surface area contributed by atoms with Crippen molar-refractivity contribution in [3.05, 3.63) is 29.3 Å². The van der Waals surface area contributed by atoms with Gasteiger partial charge in [-0.3, -0.25) is 0 Å². The number of hydrogen-bond acceptors (Lipinski definition) is 2. The number of benzene rings is 1. The first-order chi connectivity index (χ1) is 8.43. The predicted octanol–water partition coefficient (Wildman–Crippen LogP) is 3.79. The molecule has 18 heavy (non-hydrogen) atoms. The normalized spacial score (nSPS) is 18.3. The van der Waals surface area contributed by atoms with E-state index in [1.54, 1.807) is 7.11 Å². The summed E-state index contributed by atoms with van der Waals surface area (Å²) >= 11 is 0. The van der Waals surface area contributed by atoms with E-state index in [-0.39, 0.29) is 11.5 Å². The first kappa shape index (κ1) is 13.4. The van der Waals surface area contributed by atoms with E-state index < -0.39 is 0 Å². The average molecular weight is 247 g/mol. The van der Waals surface area contributed by atoms with Crippen LogP contribution < -0.4 is 10.5 Å². The number of rotatable bonds is 3. The van der Waals surface area contributed by atoms with Crippen molar-refractivity contribution in [2.45, 2.75) is 51.5 Å². The lowest BCUT2D eigenvalue weighted by Gasteiger charge is -2.33. The fraction of sp³-hybridized carbons (Fsp3) is 0.625. The molecule has 0 spiro atoms. The minimum atomic E-state index is 0.121. The zero-order valence-corrected chi connectivity index (χ0v) is 12.0. The van der Waals surface area contributed by atoms with E-state index in [4.69, 9.17) is 10.5 Å². The molecule has 2 rings (SSSR count). The molecule has 2 nitrogen and oxygen atoms in total. The van der Waals surface area contributed by atoms with Gasteiger partial charge in [0.25, 0.3) is 0 Å². The largest absolute Gasteiger partial charge is 0.496 e. The molecule has 1 fully saturated rings. The molecule has 0 amide bonds. The van der Waals surface area contributed by atoms with Crippen molar-refractivity contribution in [2.75, 3.05) is 7.11 Å². The second-order valence-electron chi connectivity index (χ2n) is 6.42. The molecule has 0 aromatic heterocycles. The zero-order valence-electron chi connectivity index (χ0n) is 12.0. The molecule has 1 aromatic rings. The average Bonchev–Trinajstić information content (AvgIpc) is 2.24. The first-order valence-corrected chi connectivity index (χ1v) is 6.87. The van der Waals surface area contributed by atoms with Crippen LogP contribution in [-0.2, 0) is 5.41 Å². The summed E-state index contributed by atoms with van der Waals surface area (Å²) in [6.07, 6.45) is 3.83. The van der Waals surface area contributed by atoms with Gasteiger partial charge in [0, 0.05) is 11.6 Å². The summed E-state index contributed by atoms with van der Waals surface area (Å²) in [6.45, 7) is 6.69. The van der Waals surface area contributed by atoms with Crippen LogP contribution >= 0.6 is 0 Å². The van der Waals surface area contributed by atoms with Crippen LogP contribution in [0.15, 0.2) is 18.2 Å². The van der Waals surface area contributed by atoms with E-state index in [0.29, 0.717) is 5.92 Å². The van der Waals surface area contributed by atoms with Gasteiger partial charge in [-0.2, -0.15) is 0 Å². The Labute approximate surface area is 111 Å². The zero-order chi connectivity index (χ0) is 13.3. The Kier molecular flexibility index (Phi) is 3.67. The lowest BCUT2D eigenvalue weighted by Crippen LogP contribution is -2.27. The van der Waals surface area contributed by atoms with Crippen LogP contribution in [0.3, 0.4) is 0 Å². The quantitative estimate of drug-likeness (QED) is 0.882. The molecule has 1 unspecified atom stereocenters. The second kappa shape index (κ2) is 4.93. The standard InChI is InChI=1S/C16H25NO/c1-16(2,3)12-8-9-14(18-4)13(10-12)15(17)11-6-5-7-11/h8-11,15H,5-7,17H2,1-4H3. The Morgan fingerprint density at radius 1 is 1.28 bits per heavy atom. The Morgan fingerprint density at radius 2 is 1.94 bits per heavy atom. The molecule has 100 valence electrons. The van der Waals surface area contributed by atoms with Gasteiger partial charge in [-0.1, -0.05) is 33.3 Å². The molecule has 0 bridgehead atoms. The van der Waals surface area contributed by atoms with Crippen molar-refractivity contribution in [2.24, 2.45) is 11.7 Å². The molecule has 0 heterocycles. The van der Waals surface area contributed by atoms with Crippen molar-refractivity contribution < 1.29 is 4.74 Å². The topological polar surface area (TPSA) is 35.2 Å². The van der Waals surface area contributed by atoms with Crippen molar-refractivity contribution in [3.63, 3.8) is 0 Å². The van der Waals surface area contributed by atoms with Gasteiger partial charge in [0.2, 0.25) is 0 Å². The molecule has 1 aliphatic rings. The third-order valence-electron chi connectivity index (χ3n) is 4.11. The van der Waals surface area contributed by atoms with Crippen molar-refractivity contribution in [1.82, 2.24) is 0 Å². The van der Waals surface area contributed by atoms with Crippen molar-refractivity contribution in [1.29, 1.82) is 0 Å². The first-order valence-electron chi connectivity index (χ1n) is 6.87. The summed E-state index contributed by atoms with van der Waals surface area (Å²) in [6, 6.07) is 6.57. The summed E-state index contributed by atoms with van der Waals surface area (Å²) in [5, 5.41) is 0. The third-order valence-corrected chi connectivity index (χ3v) is 4.11. The maximum atomic E-state index is 6.41. The molecular formula is C16H25NO. The van der Waals surface area contributed by atoms with E-state index in [0.717, 1.165) is 5.75 Å². The summed E-state index contributed by atoms with van der Waals surface area (Å²) in [7, 11) is 1.73. The molecule has 1 atom stereocenters. The summed E-state index contributed by atoms with van der Waals surface area (Å²) < 4.78 is 5.47. The third kappa shape index (κ3) is 2.54. The van der Waals surface area contributed by atoms with Crippen molar-refractivity contribution in [3.8, 4) is 5.75 Å². The second-order valence-corrected chi connectivity index (χ2v) is 6.42. The molecule has 2 heteroatoms. The Balaban J connectivity index is 2.35. The summed E-state index contributed by atoms with van der Waals surface area (Å²) in [5.74, 6) is 1.57. The van der Waals surface area contributed by atoms with E-state index in [1.807, 2.05) is 0 Å². The van der Waals surface area contributed by atoms with Crippen LogP contribution in [-0.4, -0.2) is 7.11 Å². The minimum absolute atomic E-state index is 0.121. The molecule has 1 saturated carbocycles. The lowest BCUT2D eigenvalue weighted by atomic mass is 9.76. The maximum absolute atomic E-state index is 6.41. The number of methoxy groups -OCH3 is 1. The molecular weight excluding hydrogens is 222 g/mol. The number of ether oxygens (including phenoxy) is 1. The summed E-state index contributed by atoms with van der Waals surface area (Å²) in [5.41, 5.74) is 9.06. The SMILES string of the molecule is COc1ccc(C(C)(C)C)cc1C(N)C1CCC1. The van der Waals surface area contributed by atoms with E-state index in [1.165, 1.54) is 30.4 Å². The Bertz CT molecular complexity index is 416.